The first-order chi connectivity index (χ1) is 35.5. The molecule has 9 rings (SSSR count). The molecule has 4 heteroatoms. The number of benzene rings is 7. The van der Waals surface area contributed by atoms with Gasteiger partial charge in [-0.1, -0.05) is 262 Å². The summed E-state index contributed by atoms with van der Waals surface area (Å²) in [7, 11) is 0. The molecule has 0 unspecified atom stereocenters. The molecule has 2 heterocycles. The molecule has 0 saturated carbocycles. The van der Waals surface area contributed by atoms with Crippen molar-refractivity contribution in [2.45, 2.75) is 209 Å². The van der Waals surface area contributed by atoms with Gasteiger partial charge in [0.15, 0.2) is 0 Å². The van der Waals surface area contributed by atoms with Crippen molar-refractivity contribution in [3.8, 4) is 44.5 Å². The number of H-pyrrole nitrogens is 2. The van der Waals surface area contributed by atoms with Gasteiger partial charge in [0.05, 0.1) is 22.1 Å². The van der Waals surface area contributed by atoms with E-state index in [1.807, 2.05) is 0 Å². The Labute approximate surface area is 479 Å². The van der Waals surface area contributed by atoms with E-state index < -0.39 is 0 Å². The van der Waals surface area contributed by atoms with Crippen LogP contribution in [0.25, 0.3) is 88.1 Å². The summed E-state index contributed by atoms with van der Waals surface area (Å²) in [5, 5.41) is 6.05. The van der Waals surface area contributed by atoms with E-state index in [2.05, 4.69) is 273 Å². The SMILES string of the molecule is CC(C)(C)c1cc(-c2ccc(-c3c4[nH]c5c(C(C)(C)C)cc(C(C)(C)C)cc5c4c(-c4ccc(-c5cc(C(C)(C)C)cc(C(C)(C)C)c5)cc4Cl)c4[nH]c5c(C(C)(C)C)cc(C(C)(C)C)cc5c34)c(Cl)c2)cc(C(C)(C)C)c1. The molecule has 0 radical (unpaired) electrons. The van der Waals surface area contributed by atoms with Crippen molar-refractivity contribution in [3.05, 3.63) is 152 Å². The molecule has 0 aliphatic rings. The minimum absolute atomic E-state index is 0.0312. The Bertz CT molecular complexity index is 3540. The van der Waals surface area contributed by atoms with Gasteiger partial charge in [-0.2, -0.15) is 0 Å². The zero-order valence-corrected chi connectivity index (χ0v) is 53.5. The van der Waals surface area contributed by atoms with Crippen LogP contribution in [0.15, 0.2) is 97.1 Å². The van der Waals surface area contributed by atoms with Crippen LogP contribution < -0.4 is 0 Å². The third kappa shape index (κ3) is 10.5. The molecule has 0 spiro atoms. The minimum atomic E-state index is -0.183. The summed E-state index contributed by atoms with van der Waals surface area (Å²) in [5.74, 6) is 0. The molecule has 2 nitrogen and oxygen atoms in total. The number of fused-ring (bicyclic) bond motifs is 6. The molecule has 0 bridgehead atoms. The molecule has 7 aromatic carbocycles. The van der Waals surface area contributed by atoms with Gasteiger partial charge in [0.2, 0.25) is 0 Å². The summed E-state index contributed by atoms with van der Waals surface area (Å²) >= 11 is 16.0. The maximum absolute atomic E-state index is 7.98. The van der Waals surface area contributed by atoms with Gasteiger partial charge in [0, 0.05) is 53.8 Å². The topological polar surface area (TPSA) is 31.6 Å². The van der Waals surface area contributed by atoms with Crippen LogP contribution in [0, 0.1) is 0 Å². The highest BCUT2D eigenvalue weighted by Crippen LogP contribution is 2.54. The van der Waals surface area contributed by atoms with Gasteiger partial charge in [0.1, 0.15) is 0 Å². The molecule has 0 saturated heterocycles. The molecular weight excluding hydrogens is 988 g/mol. The van der Waals surface area contributed by atoms with E-state index in [9.17, 15) is 0 Å². The monoisotopic (exact) mass is 1080 g/mol. The Morgan fingerprint density at radius 1 is 0.269 bits per heavy atom. The summed E-state index contributed by atoms with van der Waals surface area (Å²) in [6.45, 7) is 55.7. The fraction of sp³-hybridized carbons (Fsp3) is 0.432. The van der Waals surface area contributed by atoms with Crippen molar-refractivity contribution in [2.24, 2.45) is 0 Å². The van der Waals surface area contributed by atoms with Crippen LogP contribution in [0.5, 0.6) is 0 Å². The van der Waals surface area contributed by atoms with Gasteiger partial charge in [-0.05, 0) is 134 Å². The second-order valence-corrected chi connectivity index (χ2v) is 32.2. The molecule has 0 aliphatic heterocycles. The zero-order chi connectivity index (χ0) is 57.7. The van der Waals surface area contributed by atoms with E-state index in [1.165, 1.54) is 66.4 Å². The van der Waals surface area contributed by atoms with Crippen LogP contribution in [0.1, 0.15) is 211 Å². The lowest BCUT2D eigenvalue weighted by Crippen LogP contribution is -2.16. The maximum atomic E-state index is 7.98. The molecule has 0 aliphatic carbocycles. The third-order valence-electron chi connectivity index (χ3n) is 16.6. The van der Waals surface area contributed by atoms with Crippen LogP contribution >= 0.6 is 23.2 Å². The van der Waals surface area contributed by atoms with Gasteiger partial charge in [-0.25, -0.2) is 0 Å². The van der Waals surface area contributed by atoms with Crippen molar-refractivity contribution in [1.29, 1.82) is 0 Å². The summed E-state index contributed by atoms with van der Waals surface area (Å²) in [6.07, 6.45) is 0. The van der Waals surface area contributed by atoms with Crippen molar-refractivity contribution in [2.75, 3.05) is 0 Å². The Morgan fingerprint density at radius 3 is 0.782 bits per heavy atom. The van der Waals surface area contributed by atoms with Crippen molar-refractivity contribution in [1.82, 2.24) is 9.97 Å². The van der Waals surface area contributed by atoms with Gasteiger partial charge in [0.25, 0.3) is 0 Å². The van der Waals surface area contributed by atoms with E-state index in [4.69, 9.17) is 23.2 Å². The number of hydrogen-bond donors (Lipinski definition) is 2. The average Bonchev–Trinajstić information content (AvgIpc) is 4.12. The first-order valence-electron chi connectivity index (χ1n) is 28.6. The summed E-state index contributed by atoms with van der Waals surface area (Å²) in [6, 6.07) is 37.7. The van der Waals surface area contributed by atoms with E-state index in [1.54, 1.807) is 0 Å². The lowest BCUT2D eigenvalue weighted by atomic mass is 9.78. The van der Waals surface area contributed by atoms with Gasteiger partial charge in [-0.3, -0.25) is 0 Å². The minimum Gasteiger partial charge on any atom is -0.354 e. The average molecular weight is 1080 g/mol. The molecule has 78 heavy (non-hydrogen) atoms. The molecule has 9 aromatic rings. The second-order valence-electron chi connectivity index (χ2n) is 31.4. The number of hydrogen-bond acceptors (Lipinski definition) is 0. The van der Waals surface area contributed by atoms with Crippen LogP contribution in [0.4, 0.5) is 0 Å². The molecule has 0 fully saturated rings. The smallest absolute Gasteiger partial charge is 0.0559 e. The van der Waals surface area contributed by atoms with Crippen LogP contribution in [0.2, 0.25) is 10.0 Å². The number of aromatic amines is 2. The van der Waals surface area contributed by atoms with Crippen molar-refractivity contribution >= 4 is 66.8 Å². The lowest BCUT2D eigenvalue weighted by molar-refractivity contribution is 0.568. The normalized spacial score (nSPS) is 13.8. The van der Waals surface area contributed by atoms with Gasteiger partial charge in [-0.15, -0.1) is 0 Å². The predicted octanol–water partition coefficient (Wildman–Crippen LogP) is 23.3. The second kappa shape index (κ2) is 18.6. The highest BCUT2D eigenvalue weighted by molar-refractivity contribution is 6.40. The van der Waals surface area contributed by atoms with E-state index >= 15 is 0 Å². The van der Waals surface area contributed by atoms with Crippen molar-refractivity contribution in [3.63, 3.8) is 0 Å². The molecule has 2 aromatic heterocycles. The fourth-order valence-corrected chi connectivity index (χ4v) is 12.0. The largest absolute Gasteiger partial charge is 0.354 e. The van der Waals surface area contributed by atoms with Crippen LogP contribution in [0.3, 0.4) is 0 Å². The lowest BCUT2D eigenvalue weighted by Gasteiger charge is -2.26. The van der Waals surface area contributed by atoms with Gasteiger partial charge < -0.3 is 9.97 Å². The first kappa shape index (κ1) is 57.4. The van der Waals surface area contributed by atoms with Gasteiger partial charge >= 0.3 is 0 Å². The number of nitrogens with one attached hydrogen (secondary N) is 2. The zero-order valence-electron chi connectivity index (χ0n) is 52.0. The highest BCUT2D eigenvalue weighted by Gasteiger charge is 2.33. The predicted molar refractivity (Wildman–Crippen MR) is 347 cm³/mol. The number of rotatable bonds is 4. The van der Waals surface area contributed by atoms with Crippen molar-refractivity contribution < 1.29 is 0 Å². The molecule has 0 atom stereocenters. The number of halogens is 2. The first-order valence-corrected chi connectivity index (χ1v) is 29.4. The Balaban J connectivity index is 1.49. The summed E-state index contributed by atoms with van der Waals surface area (Å²) in [4.78, 5) is 8.50. The molecule has 2 N–H and O–H groups in total. The molecular formula is C74H90Cl2N2. The van der Waals surface area contributed by atoms with Crippen LogP contribution in [-0.4, -0.2) is 9.97 Å². The van der Waals surface area contributed by atoms with E-state index in [0.29, 0.717) is 10.0 Å². The Morgan fingerprint density at radius 2 is 0.538 bits per heavy atom. The fourth-order valence-electron chi connectivity index (χ4n) is 11.4. The summed E-state index contributed by atoms with van der Waals surface area (Å²) in [5.41, 5.74) is 22.7. The molecule has 0 amide bonds. The number of aromatic nitrogens is 2. The van der Waals surface area contributed by atoms with E-state index in [-0.39, 0.29) is 43.3 Å². The molecule has 410 valence electrons. The van der Waals surface area contributed by atoms with E-state index in [0.717, 1.165) is 66.2 Å². The highest BCUT2D eigenvalue weighted by atomic mass is 35.5. The summed E-state index contributed by atoms with van der Waals surface area (Å²) < 4.78 is 0. The Hall–Kier alpha value is -5.28. The maximum Gasteiger partial charge on any atom is 0.0559 e. The Kier molecular flexibility index (Phi) is 13.7. The standard InChI is InChI=1S/C74H90Cl2N2/c1-67(2,3)45-29-43(30-46(35-45)68(4,5)6)41-25-27-51(57(75)33-41)59-61-53-37-49(71(13,14)15)39-55(73(19,20)21)63(53)78-66(61)60(62-54-38-50(72(16,17)18)40-56(74(22,23)24)64(54)77-65(59)62)52-28-26-42(34-58(52)76)44-31-47(69(7,8)9)36-48(32-44)70(10,11)12/h25-40,77-78H,1-24H3. The van der Waals surface area contributed by atoms with Crippen LogP contribution in [-0.2, 0) is 43.3 Å². The quantitative estimate of drug-likeness (QED) is 0.176. The third-order valence-corrected chi connectivity index (χ3v) is 17.3.